The van der Waals surface area contributed by atoms with Crippen molar-refractivity contribution in [3.05, 3.63) is 0 Å². The highest BCUT2D eigenvalue weighted by atomic mass is 16.2. The second-order valence-corrected chi connectivity index (χ2v) is 5.14. The third-order valence-corrected chi connectivity index (χ3v) is 3.84. The van der Waals surface area contributed by atoms with Gasteiger partial charge in [0.15, 0.2) is 0 Å². The van der Waals surface area contributed by atoms with Gasteiger partial charge in [0.25, 0.3) is 0 Å². The molecule has 1 amide bonds. The summed E-state index contributed by atoms with van der Waals surface area (Å²) in [4.78, 5) is 14.1. The van der Waals surface area contributed by atoms with E-state index in [1.165, 1.54) is 19.3 Å². The maximum atomic E-state index is 12.1. The molecular formula is C12H21NO. The molecule has 2 unspecified atom stereocenters. The Morgan fingerprint density at radius 1 is 1.29 bits per heavy atom. The number of rotatable bonds is 3. The summed E-state index contributed by atoms with van der Waals surface area (Å²) in [5, 5.41) is 0. The summed E-state index contributed by atoms with van der Waals surface area (Å²) in [6, 6.07) is 0.365. The minimum absolute atomic E-state index is 0.362. The van der Waals surface area contributed by atoms with Crippen LogP contribution in [0.25, 0.3) is 0 Å². The molecule has 80 valence electrons. The highest BCUT2D eigenvalue weighted by Crippen LogP contribution is 2.54. The van der Waals surface area contributed by atoms with Crippen LogP contribution in [0.15, 0.2) is 0 Å². The van der Waals surface area contributed by atoms with E-state index in [2.05, 4.69) is 20.8 Å². The van der Waals surface area contributed by atoms with Gasteiger partial charge < -0.3 is 4.90 Å². The molecule has 0 N–H and O–H groups in total. The molecule has 0 aromatic carbocycles. The van der Waals surface area contributed by atoms with Crippen LogP contribution in [0.4, 0.5) is 0 Å². The Morgan fingerprint density at radius 2 is 1.86 bits per heavy atom. The summed E-state index contributed by atoms with van der Waals surface area (Å²) in [5.41, 5.74) is 0. The quantitative estimate of drug-likeness (QED) is 0.676. The van der Waals surface area contributed by atoms with E-state index in [9.17, 15) is 4.79 Å². The fraction of sp³-hybridized carbons (Fsp3) is 0.917. The summed E-state index contributed by atoms with van der Waals surface area (Å²) in [5.74, 6) is 2.60. The SMILES string of the molecule is CCN(C(=O)C1CC2CC2C1)C(C)C. The van der Waals surface area contributed by atoms with Crippen molar-refractivity contribution in [1.29, 1.82) is 0 Å². The number of carbonyl (C=O) groups excluding carboxylic acids is 1. The van der Waals surface area contributed by atoms with Gasteiger partial charge in [-0.1, -0.05) is 0 Å². The van der Waals surface area contributed by atoms with Crippen LogP contribution in [0.2, 0.25) is 0 Å². The molecule has 2 aliphatic carbocycles. The van der Waals surface area contributed by atoms with Crippen molar-refractivity contribution < 1.29 is 4.79 Å². The van der Waals surface area contributed by atoms with Gasteiger partial charge >= 0.3 is 0 Å². The minimum atomic E-state index is 0.362. The van der Waals surface area contributed by atoms with Crippen molar-refractivity contribution in [2.45, 2.75) is 46.1 Å². The smallest absolute Gasteiger partial charge is 0.225 e. The maximum Gasteiger partial charge on any atom is 0.225 e. The van der Waals surface area contributed by atoms with E-state index in [-0.39, 0.29) is 0 Å². The zero-order chi connectivity index (χ0) is 10.3. The molecule has 14 heavy (non-hydrogen) atoms. The number of nitrogens with zero attached hydrogens (tertiary/aromatic N) is 1. The molecule has 0 heterocycles. The van der Waals surface area contributed by atoms with E-state index in [4.69, 9.17) is 0 Å². The number of amides is 1. The third-order valence-electron chi connectivity index (χ3n) is 3.84. The molecule has 2 fully saturated rings. The molecule has 0 aromatic heterocycles. The van der Waals surface area contributed by atoms with Crippen molar-refractivity contribution in [2.24, 2.45) is 17.8 Å². The molecule has 2 saturated carbocycles. The Labute approximate surface area is 86.7 Å². The average Bonchev–Trinajstić information content (AvgIpc) is 2.74. The zero-order valence-corrected chi connectivity index (χ0v) is 9.49. The average molecular weight is 195 g/mol. The molecule has 2 nitrogen and oxygen atoms in total. The summed E-state index contributed by atoms with van der Waals surface area (Å²) in [7, 11) is 0. The number of hydrogen-bond donors (Lipinski definition) is 0. The van der Waals surface area contributed by atoms with Crippen molar-refractivity contribution >= 4 is 5.91 Å². The monoisotopic (exact) mass is 195 g/mol. The first-order chi connectivity index (χ1) is 6.63. The van der Waals surface area contributed by atoms with Crippen LogP contribution in [0, 0.1) is 17.8 Å². The lowest BCUT2D eigenvalue weighted by Crippen LogP contribution is -2.40. The lowest BCUT2D eigenvalue weighted by Gasteiger charge is -2.28. The van der Waals surface area contributed by atoms with Crippen LogP contribution >= 0.6 is 0 Å². The molecular weight excluding hydrogens is 174 g/mol. The van der Waals surface area contributed by atoms with E-state index in [1.54, 1.807) is 0 Å². The van der Waals surface area contributed by atoms with Gasteiger partial charge in [0, 0.05) is 18.5 Å². The molecule has 2 rings (SSSR count). The van der Waals surface area contributed by atoms with E-state index < -0.39 is 0 Å². The van der Waals surface area contributed by atoms with E-state index in [0.717, 1.165) is 18.4 Å². The molecule has 2 heteroatoms. The van der Waals surface area contributed by atoms with Gasteiger partial charge in [-0.05, 0) is 51.9 Å². The summed E-state index contributed by atoms with van der Waals surface area (Å²) >= 11 is 0. The van der Waals surface area contributed by atoms with Gasteiger partial charge in [-0.2, -0.15) is 0 Å². The summed E-state index contributed by atoms with van der Waals surface area (Å²) in [6.07, 6.45) is 3.75. The zero-order valence-electron chi connectivity index (χ0n) is 9.49. The fourth-order valence-electron chi connectivity index (χ4n) is 2.93. The van der Waals surface area contributed by atoms with E-state index >= 15 is 0 Å². The Hall–Kier alpha value is -0.530. The van der Waals surface area contributed by atoms with Crippen molar-refractivity contribution in [3.8, 4) is 0 Å². The van der Waals surface area contributed by atoms with E-state index in [1.807, 2.05) is 4.90 Å². The minimum Gasteiger partial charge on any atom is -0.340 e. The number of hydrogen-bond acceptors (Lipinski definition) is 1. The molecule has 0 aliphatic heterocycles. The van der Waals surface area contributed by atoms with Gasteiger partial charge in [-0.15, -0.1) is 0 Å². The second-order valence-electron chi connectivity index (χ2n) is 5.14. The molecule has 0 aromatic rings. The molecule has 0 spiro atoms. The van der Waals surface area contributed by atoms with Gasteiger partial charge in [-0.3, -0.25) is 4.79 Å². The topological polar surface area (TPSA) is 20.3 Å². The Bertz CT molecular complexity index is 226. The first-order valence-corrected chi connectivity index (χ1v) is 5.94. The Kier molecular flexibility index (Phi) is 2.54. The lowest BCUT2D eigenvalue weighted by atomic mass is 10.0. The molecule has 0 saturated heterocycles. The summed E-state index contributed by atoms with van der Waals surface area (Å²) in [6.45, 7) is 7.16. The molecule has 0 bridgehead atoms. The largest absolute Gasteiger partial charge is 0.340 e. The van der Waals surface area contributed by atoms with Gasteiger partial charge in [0.05, 0.1) is 0 Å². The number of carbonyl (C=O) groups is 1. The predicted molar refractivity (Wildman–Crippen MR) is 56.8 cm³/mol. The third kappa shape index (κ3) is 1.67. The standard InChI is InChI=1S/C12H21NO/c1-4-13(8(2)3)12(14)11-6-9-5-10(9)7-11/h8-11H,4-7H2,1-3H3. The predicted octanol–water partition coefficient (Wildman–Crippen LogP) is 2.29. The van der Waals surface area contributed by atoms with Crippen molar-refractivity contribution in [3.63, 3.8) is 0 Å². The number of fused-ring (bicyclic) bond motifs is 1. The highest BCUT2D eigenvalue weighted by Gasteiger charge is 2.48. The fourth-order valence-corrected chi connectivity index (χ4v) is 2.93. The van der Waals surface area contributed by atoms with Crippen LogP contribution < -0.4 is 0 Å². The van der Waals surface area contributed by atoms with Crippen LogP contribution in [0.3, 0.4) is 0 Å². The normalized spacial score (nSPS) is 34.4. The van der Waals surface area contributed by atoms with Crippen LogP contribution in [-0.2, 0) is 4.79 Å². The Morgan fingerprint density at radius 3 is 2.29 bits per heavy atom. The molecule has 0 radical (unpaired) electrons. The van der Waals surface area contributed by atoms with Crippen LogP contribution in [-0.4, -0.2) is 23.4 Å². The highest BCUT2D eigenvalue weighted by molar-refractivity contribution is 5.79. The van der Waals surface area contributed by atoms with Crippen molar-refractivity contribution in [1.82, 2.24) is 4.90 Å². The second kappa shape index (κ2) is 3.56. The first kappa shape index (κ1) is 10.0. The van der Waals surface area contributed by atoms with Crippen LogP contribution in [0.5, 0.6) is 0 Å². The van der Waals surface area contributed by atoms with Gasteiger partial charge in [0.2, 0.25) is 5.91 Å². The van der Waals surface area contributed by atoms with Crippen LogP contribution in [0.1, 0.15) is 40.0 Å². The maximum absolute atomic E-state index is 12.1. The summed E-state index contributed by atoms with van der Waals surface area (Å²) < 4.78 is 0. The lowest BCUT2D eigenvalue weighted by molar-refractivity contribution is -0.137. The Balaban J connectivity index is 1.93. The first-order valence-electron chi connectivity index (χ1n) is 5.94. The molecule has 2 atom stereocenters. The molecule has 2 aliphatic rings. The van der Waals surface area contributed by atoms with E-state index in [0.29, 0.717) is 17.9 Å². The van der Waals surface area contributed by atoms with Gasteiger partial charge in [-0.25, -0.2) is 0 Å². The van der Waals surface area contributed by atoms with Gasteiger partial charge in [0.1, 0.15) is 0 Å². The van der Waals surface area contributed by atoms with Crippen molar-refractivity contribution in [2.75, 3.05) is 6.54 Å².